The number of hydrogen-bond acceptors (Lipinski definition) is 0. The number of halogens is 4. The van der Waals surface area contributed by atoms with E-state index in [2.05, 4.69) is 6.58 Å². The molecule has 0 bridgehead atoms. The largest absolute Gasteiger partial charge is 0.257 e. The number of alkyl halides is 4. The van der Waals surface area contributed by atoms with Crippen LogP contribution in [-0.4, -0.2) is 11.8 Å². The van der Waals surface area contributed by atoms with E-state index in [4.69, 9.17) is 0 Å². The molecular formula is C7H10F4. The maximum Gasteiger partial charge on any atom is 0.257 e. The topological polar surface area (TPSA) is 0 Å². The Hall–Kier alpha value is -0.540. The Labute approximate surface area is 62.9 Å². The van der Waals surface area contributed by atoms with Crippen LogP contribution in [0.1, 0.15) is 19.8 Å². The highest BCUT2D eigenvalue weighted by Crippen LogP contribution is 2.32. The molecule has 0 radical (unpaired) electrons. The first-order valence-corrected chi connectivity index (χ1v) is 3.13. The highest BCUT2D eigenvalue weighted by Gasteiger charge is 2.38. The van der Waals surface area contributed by atoms with Crippen LogP contribution in [0.3, 0.4) is 0 Å². The molecule has 4 heteroatoms. The second-order valence-corrected chi connectivity index (χ2v) is 2.60. The monoisotopic (exact) mass is 170 g/mol. The fraction of sp³-hybridized carbons (Fsp3) is 0.714. The summed E-state index contributed by atoms with van der Waals surface area (Å²) in [6.07, 6.45) is -1.17. The van der Waals surface area contributed by atoms with Crippen molar-refractivity contribution in [3.8, 4) is 0 Å². The smallest absolute Gasteiger partial charge is 0.207 e. The summed E-state index contributed by atoms with van der Waals surface area (Å²) >= 11 is 0. The average molecular weight is 170 g/mol. The zero-order valence-corrected chi connectivity index (χ0v) is 6.21. The minimum absolute atomic E-state index is 0.476. The highest BCUT2D eigenvalue weighted by atomic mass is 19.3. The Morgan fingerprint density at radius 1 is 1.27 bits per heavy atom. The van der Waals surface area contributed by atoms with Gasteiger partial charge in [-0.2, -0.15) is 0 Å². The molecule has 0 aromatic rings. The number of allylic oxidation sites excluding steroid dienone is 1. The van der Waals surface area contributed by atoms with Gasteiger partial charge in [0.25, 0.3) is 11.8 Å². The van der Waals surface area contributed by atoms with Crippen molar-refractivity contribution in [3.05, 3.63) is 12.7 Å². The third-order valence-corrected chi connectivity index (χ3v) is 1.01. The third-order valence-electron chi connectivity index (χ3n) is 1.01. The first-order valence-electron chi connectivity index (χ1n) is 3.13. The summed E-state index contributed by atoms with van der Waals surface area (Å²) in [5, 5.41) is 0. The summed E-state index contributed by atoms with van der Waals surface area (Å²) in [6, 6.07) is 0. The second kappa shape index (κ2) is 3.24. The predicted molar refractivity (Wildman–Crippen MR) is 35.0 cm³/mol. The molecule has 0 saturated heterocycles. The minimum atomic E-state index is -3.33. The zero-order chi connectivity index (χ0) is 9.12. The van der Waals surface area contributed by atoms with E-state index in [9.17, 15) is 17.6 Å². The molecule has 0 aliphatic rings. The molecule has 0 amide bonds. The summed E-state index contributed by atoms with van der Waals surface area (Å²) in [7, 11) is 0. The van der Waals surface area contributed by atoms with Gasteiger partial charge in [0, 0.05) is 6.42 Å². The van der Waals surface area contributed by atoms with Crippen LogP contribution >= 0.6 is 0 Å². The van der Waals surface area contributed by atoms with E-state index < -0.39 is 24.7 Å². The lowest BCUT2D eigenvalue weighted by molar-refractivity contribution is -0.0982. The van der Waals surface area contributed by atoms with Crippen LogP contribution < -0.4 is 0 Å². The van der Waals surface area contributed by atoms with E-state index in [1.165, 1.54) is 0 Å². The van der Waals surface area contributed by atoms with Gasteiger partial charge in [-0.05, 0) is 6.92 Å². The Kier molecular flexibility index (Phi) is 3.08. The molecule has 0 aromatic carbocycles. The first-order chi connectivity index (χ1) is 4.77. The summed E-state index contributed by atoms with van der Waals surface area (Å²) in [5.74, 6) is -6.65. The van der Waals surface area contributed by atoms with Gasteiger partial charge in [-0.1, -0.05) is 6.08 Å². The van der Waals surface area contributed by atoms with Gasteiger partial charge in [0.2, 0.25) is 0 Å². The lowest BCUT2D eigenvalue weighted by Crippen LogP contribution is -2.25. The van der Waals surface area contributed by atoms with Crippen molar-refractivity contribution >= 4 is 0 Å². The Bertz CT molecular complexity index is 134. The molecule has 0 N–H and O–H groups in total. The van der Waals surface area contributed by atoms with E-state index in [0.717, 1.165) is 6.08 Å². The molecule has 0 aliphatic heterocycles. The molecule has 0 atom stereocenters. The van der Waals surface area contributed by atoms with Crippen molar-refractivity contribution < 1.29 is 17.6 Å². The summed E-state index contributed by atoms with van der Waals surface area (Å²) in [5.41, 5.74) is 0. The fourth-order valence-corrected chi connectivity index (χ4v) is 0.737. The Morgan fingerprint density at radius 3 is 2.00 bits per heavy atom. The second-order valence-electron chi connectivity index (χ2n) is 2.60. The normalized spacial score (nSPS) is 13.2. The Balaban J connectivity index is 4.00. The summed E-state index contributed by atoms with van der Waals surface area (Å²) in [6.45, 7) is 3.53. The average Bonchev–Trinajstić information content (AvgIpc) is 1.55. The van der Waals surface area contributed by atoms with Crippen LogP contribution in [0.4, 0.5) is 17.6 Å². The van der Waals surface area contributed by atoms with E-state index in [-0.39, 0.29) is 0 Å². The highest BCUT2D eigenvalue weighted by molar-refractivity contribution is 4.82. The minimum Gasteiger partial charge on any atom is -0.207 e. The van der Waals surface area contributed by atoms with Crippen LogP contribution in [0.5, 0.6) is 0 Å². The van der Waals surface area contributed by atoms with E-state index >= 15 is 0 Å². The fourth-order valence-electron chi connectivity index (χ4n) is 0.737. The Morgan fingerprint density at radius 2 is 1.73 bits per heavy atom. The molecule has 0 fully saturated rings. The van der Waals surface area contributed by atoms with Gasteiger partial charge in [0.1, 0.15) is 0 Å². The van der Waals surface area contributed by atoms with Crippen LogP contribution in [0.2, 0.25) is 0 Å². The van der Waals surface area contributed by atoms with Crippen molar-refractivity contribution in [2.75, 3.05) is 0 Å². The van der Waals surface area contributed by atoms with Crippen LogP contribution in [0, 0.1) is 0 Å². The molecule has 0 aliphatic carbocycles. The van der Waals surface area contributed by atoms with Crippen molar-refractivity contribution in [1.29, 1.82) is 0 Å². The van der Waals surface area contributed by atoms with Crippen molar-refractivity contribution in [3.63, 3.8) is 0 Å². The van der Waals surface area contributed by atoms with Crippen molar-refractivity contribution in [2.45, 2.75) is 31.6 Å². The molecule has 11 heavy (non-hydrogen) atoms. The van der Waals surface area contributed by atoms with Gasteiger partial charge in [-0.25, -0.2) is 17.6 Å². The van der Waals surface area contributed by atoms with Crippen molar-refractivity contribution in [2.24, 2.45) is 0 Å². The molecular weight excluding hydrogens is 160 g/mol. The van der Waals surface area contributed by atoms with Gasteiger partial charge < -0.3 is 0 Å². The maximum atomic E-state index is 12.4. The maximum absolute atomic E-state index is 12.4. The zero-order valence-electron chi connectivity index (χ0n) is 6.21. The standard InChI is InChI=1S/C7H10F4/c1-3-4-7(10,11)5-6(2,8)9/h3H,1,4-5H2,2H3. The summed E-state index contributed by atoms with van der Waals surface area (Å²) in [4.78, 5) is 0. The van der Waals surface area contributed by atoms with E-state index in [0.29, 0.717) is 6.92 Å². The van der Waals surface area contributed by atoms with Crippen LogP contribution in [0.15, 0.2) is 12.7 Å². The van der Waals surface area contributed by atoms with Crippen LogP contribution in [-0.2, 0) is 0 Å². The van der Waals surface area contributed by atoms with Gasteiger partial charge >= 0.3 is 0 Å². The SMILES string of the molecule is C=CCC(F)(F)CC(C)(F)F. The van der Waals surface area contributed by atoms with E-state index in [1.54, 1.807) is 0 Å². The van der Waals surface area contributed by atoms with Gasteiger partial charge in [-0.15, -0.1) is 6.58 Å². The molecule has 66 valence electrons. The first kappa shape index (κ1) is 10.5. The third kappa shape index (κ3) is 5.88. The van der Waals surface area contributed by atoms with Gasteiger partial charge in [-0.3, -0.25) is 0 Å². The molecule has 0 nitrogen and oxygen atoms in total. The molecule has 0 aromatic heterocycles. The van der Waals surface area contributed by atoms with Crippen molar-refractivity contribution in [1.82, 2.24) is 0 Å². The molecule has 0 saturated carbocycles. The molecule has 0 spiro atoms. The summed E-state index contributed by atoms with van der Waals surface area (Å²) < 4.78 is 48.8. The van der Waals surface area contributed by atoms with Crippen LogP contribution in [0.25, 0.3) is 0 Å². The lowest BCUT2D eigenvalue weighted by atomic mass is 10.1. The predicted octanol–water partition coefficient (Wildman–Crippen LogP) is 3.24. The number of hydrogen-bond donors (Lipinski definition) is 0. The van der Waals surface area contributed by atoms with E-state index in [1.807, 2.05) is 0 Å². The lowest BCUT2D eigenvalue weighted by Gasteiger charge is -2.18. The molecule has 0 unspecified atom stereocenters. The van der Waals surface area contributed by atoms with Gasteiger partial charge in [0.05, 0.1) is 6.42 Å². The number of rotatable bonds is 4. The molecule has 0 rings (SSSR count). The quantitative estimate of drug-likeness (QED) is 0.448. The van der Waals surface area contributed by atoms with Gasteiger partial charge in [0.15, 0.2) is 0 Å². The molecule has 0 heterocycles.